The first kappa shape index (κ1) is 19.9. The smallest absolute Gasteiger partial charge is 0.338 e. The molecule has 0 radical (unpaired) electrons. The van der Waals surface area contributed by atoms with Crippen molar-refractivity contribution in [2.45, 2.75) is 13.1 Å². The molecule has 3 N–H and O–H groups in total. The van der Waals surface area contributed by atoms with Crippen LogP contribution in [0.2, 0.25) is 0 Å². The largest absolute Gasteiger partial charge is 0.452 e. The van der Waals surface area contributed by atoms with Gasteiger partial charge >= 0.3 is 12.0 Å². The fourth-order valence-electron chi connectivity index (χ4n) is 2.24. The number of halogens is 1. The third-order valence-corrected chi connectivity index (χ3v) is 3.77. The number of nitrogens with two attached hydrogens (primary N) is 1. The van der Waals surface area contributed by atoms with Crippen LogP contribution in [-0.2, 0) is 22.6 Å². The van der Waals surface area contributed by atoms with Gasteiger partial charge in [-0.1, -0.05) is 30.3 Å². The molecule has 8 heteroatoms. The van der Waals surface area contributed by atoms with Crippen molar-refractivity contribution in [1.82, 2.24) is 10.2 Å². The Morgan fingerprint density at radius 3 is 2.41 bits per heavy atom. The molecular formula is C19H20FN3O4. The Morgan fingerprint density at radius 1 is 1.11 bits per heavy atom. The summed E-state index contributed by atoms with van der Waals surface area (Å²) in [5, 5.41) is 2.43. The molecule has 0 atom stereocenters. The molecule has 27 heavy (non-hydrogen) atoms. The summed E-state index contributed by atoms with van der Waals surface area (Å²) in [5.74, 6) is -1.51. The molecule has 0 aliphatic carbocycles. The average Bonchev–Trinajstić information content (AvgIpc) is 2.66. The SMILES string of the molecule is CN(Cc1ccccc1F)C(=O)COC(=O)c1ccc(CNC(N)=O)cc1. The predicted octanol–water partition coefficient (Wildman–Crippen LogP) is 1.81. The minimum atomic E-state index is -0.656. The summed E-state index contributed by atoms with van der Waals surface area (Å²) < 4.78 is 18.6. The zero-order valence-corrected chi connectivity index (χ0v) is 14.8. The topological polar surface area (TPSA) is 102 Å². The number of primary amides is 1. The number of rotatable bonds is 7. The number of nitrogens with zero attached hydrogens (tertiary/aromatic N) is 1. The number of benzene rings is 2. The summed E-state index contributed by atoms with van der Waals surface area (Å²) in [5.41, 5.74) is 6.38. The number of nitrogens with one attached hydrogen (secondary N) is 1. The second-order valence-corrected chi connectivity index (χ2v) is 5.83. The van der Waals surface area contributed by atoms with Gasteiger partial charge < -0.3 is 20.7 Å². The highest BCUT2D eigenvalue weighted by atomic mass is 19.1. The van der Waals surface area contributed by atoms with E-state index in [1.807, 2.05) is 0 Å². The average molecular weight is 373 g/mol. The Balaban J connectivity index is 1.84. The van der Waals surface area contributed by atoms with E-state index < -0.39 is 30.3 Å². The van der Waals surface area contributed by atoms with Crippen LogP contribution in [0.3, 0.4) is 0 Å². The van der Waals surface area contributed by atoms with Crippen LogP contribution >= 0.6 is 0 Å². The Morgan fingerprint density at radius 2 is 1.78 bits per heavy atom. The van der Waals surface area contributed by atoms with E-state index in [0.717, 1.165) is 5.56 Å². The maximum atomic E-state index is 13.6. The number of ether oxygens (including phenoxy) is 1. The van der Waals surface area contributed by atoms with Gasteiger partial charge in [0.2, 0.25) is 0 Å². The summed E-state index contributed by atoms with van der Waals surface area (Å²) in [6.07, 6.45) is 0. The molecule has 0 spiro atoms. The summed E-state index contributed by atoms with van der Waals surface area (Å²) in [6, 6.07) is 11.8. The number of likely N-dealkylation sites (N-methyl/N-ethyl adjacent to an activating group) is 1. The summed E-state index contributed by atoms with van der Waals surface area (Å²) >= 11 is 0. The summed E-state index contributed by atoms with van der Waals surface area (Å²) in [6.45, 7) is -0.136. The molecule has 0 bridgehead atoms. The normalized spacial score (nSPS) is 10.1. The highest BCUT2D eigenvalue weighted by Crippen LogP contribution is 2.10. The molecule has 7 nitrogen and oxygen atoms in total. The Bertz CT molecular complexity index is 824. The number of hydrogen-bond donors (Lipinski definition) is 2. The van der Waals surface area contributed by atoms with E-state index >= 15 is 0 Å². The first-order valence-corrected chi connectivity index (χ1v) is 8.13. The molecule has 0 unspecified atom stereocenters. The van der Waals surface area contributed by atoms with Crippen molar-refractivity contribution in [3.05, 3.63) is 71.0 Å². The number of esters is 1. The van der Waals surface area contributed by atoms with Gasteiger partial charge in [-0.05, 0) is 23.8 Å². The van der Waals surface area contributed by atoms with Gasteiger partial charge in [0.15, 0.2) is 6.61 Å². The van der Waals surface area contributed by atoms with Gasteiger partial charge in [-0.15, -0.1) is 0 Å². The van der Waals surface area contributed by atoms with E-state index in [9.17, 15) is 18.8 Å². The first-order valence-electron chi connectivity index (χ1n) is 8.13. The van der Waals surface area contributed by atoms with Gasteiger partial charge in [0, 0.05) is 25.7 Å². The van der Waals surface area contributed by atoms with Crippen molar-refractivity contribution in [2.24, 2.45) is 5.73 Å². The van der Waals surface area contributed by atoms with E-state index in [4.69, 9.17) is 10.5 Å². The third kappa shape index (κ3) is 6.10. The van der Waals surface area contributed by atoms with Gasteiger partial charge in [0.05, 0.1) is 5.56 Å². The predicted molar refractivity (Wildman–Crippen MR) is 96.0 cm³/mol. The van der Waals surface area contributed by atoms with Crippen LogP contribution in [0.25, 0.3) is 0 Å². The van der Waals surface area contributed by atoms with E-state index in [0.29, 0.717) is 5.56 Å². The van der Waals surface area contributed by atoms with Crippen LogP contribution < -0.4 is 11.1 Å². The fourth-order valence-corrected chi connectivity index (χ4v) is 2.24. The summed E-state index contributed by atoms with van der Waals surface area (Å²) in [7, 11) is 1.50. The zero-order valence-electron chi connectivity index (χ0n) is 14.8. The van der Waals surface area contributed by atoms with Crippen molar-refractivity contribution in [3.63, 3.8) is 0 Å². The quantitative estimate of drug-likeness (QED) is 0.723. The van der Waals surface area contributed by atoms with E-state index in [2.05, 4.69) is 5.32 Å². The molecule has 2 aromatic carbocycles. The lowest BCUT2D eigenvalue weighted by atomic mass is 10.1. The van der Waals surface area contributed by atoms with E-state index in [1.165, 1.54) is 30.1 Å². The number of carbonyl (C=O) groups is 3. The second-order valence-electron chi connectivity index (χ2n) is 5.83. The van der Waals surface area contributed by atoms with Crippen molar-refractivity contribution < 1.29 is 23.5 Å². The number of hydrogen-bond acceptors (Lipinski definition) is 4. The number of carbonyl (C=O) groups excluding carboxylic acids is 3. The van der Waals surface area contributed by atoms with Gasteiger partial charge in [-0.25, -0.2) is 14.0 Å². The molecule has 0 aliphatic heterocycles. The van der Waals surface area contributed by atoms with Gasteiger partial charge in [0.1, 0.15) is 5.82 Å². The molecule has 0 saturated heterocycles. The Labute approximate surface area is 155 Å². The van der Waals surface area contributed by atoms with Crippen molar-refractivity contribution in [2.75, 3.05) is 13.7 Å². The van der Waals surface area contributed by atoms with E-state index in [1.54, 1.807) is 30.3 Å². The Hall–Kier alpha value is -3.42. The van der Waals surface area contributed by atoms with Crippen LogP contribution in [0.1, 0.15) is 21.5 Å². The van der Waals surface area contributed by atoms with Crippen LogP contribution in [-0.4, -0.2) is 36.5 Å². The zero-order chi connectivity index (χ0) is 19.8. The molecule has 0 saturated carbocycles. The van der Waals surface area contributed by atoms with Gasteiger partial charge in [-0.2, -0.15) is 0 Å². The lowest BCUT2D eigenvalue weighted by molar-refractivity contribution is -0.133. The number of amides is 3. The standard InChI is InChI=1S/C19H20FN3O4/c1-23(11-15-4-2-3-5-16(15)20)17(24)12-27-18(25)14-8-6-13(7-9-14)10-22-19(21)26/h2-9H,10-12H2,1H3,(H3,21,22,26). The molecule has 2 aromatic rings. The minimum absolute atomic E-state index is 0.0740. The van der Waals surface area contributed by atoms with Crippen molar-refractivity contribution in [1.29, 1.82) is 0 Å². The first-order chi connectivity index (χ1) is 12.9. The molecule has 0 heterocycles. The highest BCUT2D eigenvalue weighted by molar-refractivity contribution is 5.91. The molecule has 0 fully saturated rings. The molecule has 0 aliphatic rings. The van der Waals surface area contributed by atoms with Crippen molar-refractivity contribution in [3.8, 4) is 0 Å². The maximum Gasteiger partial charge on any atom is 0.338 e. The third-order valence-electron chi connectivity index (χ3n) is 3.77. The molecule has 3 amide bonds. The van der Waals surface area contributed by atoms with Crippen LogP contribution in [0.15, 0.2) is 48.5 Å². The maximum absolute atomic E-state index is 13.6. The lowest BCUT2D eigenvalue weighted by Crippen LogP contribution is -2.31. The monoisotopic (exact) mass is 373 g/mol. The molecule has 0 aromatic heterocycles. The van der Waals surface area contributed by atoms with Gasteiger partial charge in [0.25, 0.3) is 5.91 Å². The van der Waals surface area contributed by atoms with Crippen LogP contribution in [0.4, 0.5) is 9.18 Å². The second kappa shape index (κ2) is 9.33. The Kier molecular flexibility index (Phi) is 6.87. The van der Waals surface area contributed by atoms with Gasteiger partial charge in [-0.3, -0.25) is 4.79 Å². The van der Waals surface area contributed by atoms with Crippen molar-refractivity contribution >= 4 is 17.9 Å². The highest BCUT2D eigenvalue weighted by Gasteiger charge is 2.15. The molecule has 2 rings (SSSR count). The molecular weight excluding hydrogens is 353 g/mol. The number of urea groups is 1. The van der Waals surface area contributed by atoms with E-state index in [-0.39, 0.29) is 18.7 Å². The summed E-state index contributed by atoms with van der Waals surface area (Å²) in [4.78, 5) is 36.0. The fraction of sp³-hybridized carbons (Fsp3) is 0.211. The molecule has 142 valence electrons. The minimum Gasteiger partial charge on any atom is -0.452 e. The lowest BCUT2D eigenvalue weighted by Gasteiger charge is -2.17. The van der Waals surface area contributed by atoms with Crippen LogP contribution in [0.5, 0.6) is 0 Å². The van der Waals surface area contributed by atoms with Crippen LogP contribution in [0, 0.1) is 5.82 Å².